The SMILES string of the molecule is CCCCCCCCCCCCCCCCCCCCCCCC/C=C/C(O)C(CO)NC(=O)CCCCCCCCCCCCCCCCCOC(=O)CCCCCCCCCCCCCCCCCCCCC. The van der Waals surface area contributed by atoms with E-state index in [1.807, 2.05) is 6.08 Å². The topological polar surface area (TPSA) is 95.9 Å². The van der Waals surface area contributed by atoms with Crippen LogP contribution >= 0.6 is 0 Å². The lowest BCUT2D eigenvalue weighted by molar-refractivity contribution is -0.143. The van der Waals surface area contributed by atoms with E-state index in [0.29, 0.717) is 19.4 Å². The van der Waals surface area contributed by atoms with Gasteiger partial charge in [0.15, 0.2) is 0 Å². The summed E-state index contributed by atoms with van der Waals surface area (Å²) in [5.41, 5.74) is 0. The first-order valence-corrected chi connectivity index (χ1v) is 34.5. The molecule has 0 bridgehead atoms. The zero-order valence-electron chi connectivity index (χ0n) is 51.1. The molecule has 0 fully saturated rings. The third-order valence-electron chi connectivity index (χ3n) is 16.3. The van der Waals surface area contributed by atoms with Crippen LogP contribution in [0.3, 0.4) is 0 Å². The first-order chi connectivity index (χ1) is 37.0. The first kappa shape index (κ1) is 73.6. The molecule has 0 saturated carbocycles. The van der Waals surface area contributed by atoms with Crippen LogP contribution in [-0.4, -0.2) is 47.4 Å². The van der Waals surface area contributed by atoms with Crippen molar-refractivity contribution in [3.05, 3.63) is 12.2 Å². The quantitative estimate of drug-likeness (QED) is 0.0320. The van der Waals surface area contributed by atoms with E-state index < -0.39 is 12.1 Å². The highest BCUT2D eigenvalue weighted by atomic mass is 16.5. The van der Waals surface area contributed by atoms with Crippen LogP contribution in [-0.2, 0) is 14.3 Å². The van der Waals surface area contributed by atoms with Crippen molar-refractivity contribution in [2.75, 3.05) is 13.2 Å². The Morgan fingerprint density at radius 3 is 0.907 bits per heavy atom. The Labute approximate surface area is 469 Å². The minimum absolute atomic E-state index is 0.00578. The number of carbonyl (C=O) groups is 2. The molecule has 6 heteroatoms. The standard InChI is InChI=1S/C69H135NO5/c1-3-5-7-9-11-13-15-17-19-21-23-24-25-26-27-29-30-33-37-41-45-49-53-57-61-67(72)66(65-71)70-68(73)62-58-54-50-46-42-38-34-32-36-40-44-48-52-56-60-64-75-69(74)63-59-55-51-47-43-39-35-31-28-22-20-18-16-14-12-10-8-6-4-2/h57,61,66-67,71-72H,3-56,58-60,62-65H2,1-2H3,(H,70,73)/b61-57+. The van der Waals surface area contributed by atoms with E-state index in [2.05, 4.69) is 19.2 Å². The van der Waals surface area contributed by atoms with Crippen LogP contribution in [0.2, 0.25) is 0 Å². The Morgan fingerprint density at radius 1 is 0.360 bits per heavy atom. The third-order valence-corrected chi connectivity index (χ3v) is 16.3. The largest absolute Gasteiger partial charge is 0.466 e. The molecule has 0 spiro atoms. The number of nitrogens with one attached hydrogen (secondary N) is 1. The lowest BCUT2D eigenvalue weighted by atomic mass is 10.0. The van der Waals surface area contributed by atoms with Gasteiger partial charge in [0, 0.05) is 12.8 Å². The zero-order chi connectivity index (χ0) is 54.3. The Hall–Kier alpha value is -1.40. The van der Waals surface area contributed by atoms with Crippen molar-refractivity contribution in [2.24, 2.45) is 0 Å². The van der Waals surface area contributed by atoms with Gasteiger partial charge < -0.3 is 20.3 Å². The Kier molecular flexibility index (Phi) is 63.9. The van der Waals surface area contributed by atoms with E-state index in [1.165, 1.54) is 321 Å². The highest BCUT2D eigenvalue weighted by molar-refractivity contribution is 5.76. The Bertz CT molecular complexity index is 1130. The molecule has 0 aliphatic heterocycles. The van der Waals surface area contributed by atoms with Crippen molar-refractivity contribution in [3.8, 4) is 0 Å². The molecule has 0 rings (SSSR count). The second-order valence-electron chi connectivity index (χ2n) is 23.9. The van der Waals surface area contributed by atoms with Crippen LogP contribution in [0.4, 0.5) is 0 Å². The summed E-state index contributed by atoms with van der Waals surface area (Å²) in [6.45, 7) is 4.93. The van der Waals surface area contributed by atoms with Gasteiger partial charge in [0.2, 0.25) is 5.91 Å². The van der Waals surface area contributed by atoms with Crippen molar-refractivity contribution in [1.29, 1.82) is 0 Å². The second kappa shape index (κ2) is 65.1. The van der Waals surface area contributed by atoms with Crippen molar-refractivity contribution >= 4 is 11.9 Å². The maximum atomic E-state index is 12.5. The lowest BCUT2D eigenvalue weighted by Gasteiger charge is -2.20. The molecule has 0 aliphatic rings. The fourth-order valence-corrected chi connectivity index (χ4v) is 11.1. The van der Waals surface area contributed by atoms with E-state index in [-0.39, 0.29) is 18.5 Å². The van der Waals surface area contributed by atoms with Gasteiger partial charge in [-0.05, 0) is 32.1 Å². The van der Waals surface area contributed by atoms with Crippen molar-refractivity contribution in [1.82, 2.24) is 5.32 Å². The lowest BCUT2D eigenvalue weighted by Crippen LogP contribution is -2.45. The highest BCUT2D eigenvalue weighted by Gasteiger charge is 2.18. The molecule has 0 saturated heterocycles. The minimum atomic E-state index is -0.851. The molecular weight excluding hydrogens is 923 g/mol. The molecule has 0 radical (unpaired) electrons. The predicted octanol–water partition coefficient (Wildman–Crippen LogP) is 22.0. The molecule has 0 heterocycles. The molecule has 1 amide bonds. The van der Waals surface area contributed by atoms with E-state index in [4.69, 9.17) is 4.74 Å². The van der Waals surface area contributed by atoms with Crippen LogP contribution in [0.5, 0.6) is 0 Å². The number of hydrogen-bond donors (Lipinski definition) is 3. The molecule has 6 nitrogen and oxygen atoms in total. The number of hydrogen-bond acceptors (Lipinski definition) is 5. The number of rotatable bonds is 65. The fraction of sp³-hybridized carbons (Fsp3) is 0.942. The molecule has 2 unspecified atom stereocenters. The van der Waals surface area contributed by atoms with Crippen molar-refractivity contribution in [3.63, 3.8) is 0 Å². The summed E-state index contributed by atoms with van der Waals surface area (Å²) in [5, 5.41) is 23.3. The first-order valence-electron chi connectivity index (χ1n) is 34.5. The maximum absolute atomic E-state index is 12.5. The number of aliphatic hydroxyl groups is 2. The number of ether oxygens (including phenoxy) is 1. The minimum Gasteiger partial charge on any atom is -0.466 e. The van der Waals surface area contributed by atoms with E-state index in [0.717, 1.165) is 44.9 Å². The summed E-state index contributed by atoms with van der Waals surface area (Å²) in [6.07, 6.45) is 79.9. The zero-order valence-corrected chi connectivity index (χ0v) is 51.1. The van der Waals surface area contributed by atoms with Crippen molar-refractivity contribution < 1.29 is 24.5 Å². The maximum Gasteiger partial charge on any atom is 0.305 e. The normalized spacial score (nSPS) is 12.5. The number of aliphatic hydroxyl groups excluding tert-OH is 2. The van der Waals surface area contributed by atoms with Crippen LogP contribution in [0.1, 0.15) is 393 Å². The summed E-state index contributed by atoms with van der Waals surface area (Å²) >= 11 is 0. The molecule has 0 aliphatic carbocycles. The summed E-state index contributed by atoms with van der Waals surface area (Å²) < 4.78 is 5.50. The predicted molar refractivity (Wildman–Crippen MR) is 329 cm³/mol. The van der Waals surface area contributed by atoms with Gasteiger partial charge in [0.05, 0.1) is 25.4 Å². The van der Waals surface area contributed by atoms with Gasteiger partial charge in [-0.3, -0.25) is 9.59 Å². The second-order valence-corrected chi connectivity index (χ2v) is 23.9. The van der Waals surface area contributed by atoms with Gasteiger partial charge in [0.1, 0.15) is 0 Å². The average molecular weight is 1060 g/mol. The van der Waals surface area contributed by atoms with Crippen LogP contribution in [0, 0.1) is 0 Å². The van der Waals surface area contributed by atoms with Gasteiger partial charge in [-0.25, -0.2) is 0 Å². The van der Waals surface area contributed by atoms with Gasteiger partial charge in [-0.15, -0.1) is 0 Å². The third kappa shape index (κ3) is 61.7. The van der Waals surface area contributed by atoms with Crippen LogP contribution < -0.4 is 5.32 Å². The number of unbranched alkanes of at least 4 members (excludes halogenated alkanes) is 54. The van der Waals surface area contributed by atoms with Gasteiger partial charge in [0.25, 0.3) is 0 Å². The smallest absolute Gasteiger partial charge is 0.305 e. The Morgan fingerprint density at radius 2 is 0.613 bits per heavy atom. The summed E-state index contributed by atoms with van der Waals surface area (Å²) in [7, 11) is 0. The van der Waals surface area contributed by atoms with E-state index >= 15 is 0 Å². The monoisotopic (exact) mass is 1060 g/mol. The molecule has 3 N–H and O–H groups in total. The molecule has 0 aromatic heterocycles. The van der Waals surface area contributed by atoms with Crippen LogP contribution in [0.25, 0.3) is 0 Å². The fourth-order valence-electron chi connectivity index (χ4n) is 11.1. The van der Waals surface area contributed by atoms with Crippen LogP contribution in [0.15, 0.2) is 12.2 Å². The molecule has 0 aromatic carbocycles. The van der Waals surface area contributed by atoms with E-state index in [9.17, 15) is 19.8 Å². The van der Waals surface area contributed by atoms with Gasteiger partial charge in [-0.2, -0.15) is 0 Å². The number of carbonyl (C=O) groups excluding carboxylic acids is 2. The van der Waals surface area contributed by atoms with Gasteiger partial charge >= 0.3 is 5.97 Å². The molecule has 2 atom stereocenters. The summed E-state index contributed by atoms with van der Waals surface area (Å²) in [6, 6.07) is -0.635. The Balaban J connectivity index is 3.42. The molecule has 446 valence electrons. The number of amides is 1. The number of allylic oxidation sites excluding steroid dienone is 1. The van der Waals surface area contributed by atoms with E-state index in [1.54, 1.807) is 6.08 Å². The molecule has 0 aromatic rings. The number of esters is 1. The summed E-state index contributed by atoms with van der Waals surface area (Å²) in [5.74, 6) is -0.0655. The van der Waals surface area contributed by atoms with Gasteiger partial charge in [-0.1, -0.05) is 360 Å². The average Bonchev–Trinajstić information content (AvgIpc) is 3.41. The highest BCUT2D eigenvalue weighted by Crippen LogP contribution is 2.19. The molecule has 75 heavy (non-hydrogen) atoms. The van der Waals surface area contributed by atoms with Crippen molar-refractivity contribution in [2.45, 2.75) is 405 Å². The summed E-state index contributed by atoms with van der Waals surface area (Å²) in [4.78, 5) is 24.6. The molecular formula is C69H135NO5.